The lowest BCUT2D eigenvalue weighted by atomic mass is 9.74. The Morgan fingerprint density at radius 3 is 2.68 bits per heavy atom. The van der Waals surface area contributed by atoms with E-state index in [-0.39, 0.29) is 17.1 Å². The average Bonchev–Trinajstić information content (AvgIpc) is 3.07. The molecular weight excluding hydrogens is 411 g/mol. The molecule has 2 aliphatic rings. The molecule has 31 heavy (non-hydrogen) atoms. The fourth-order valence-electron chi connectivity index (χ4n) is 4.85. The minimum atomic E-state index is -0.252. The Morgan fingerprint density at radius 1 is 1.23 bits per heavy atom. The van der Waals surface area contributed by atoms with Crippen LogP contribution in [0.2, 0.25) is 5.02 Å². The molecular formula is C26H28ClFN2O. The maximum Gasteiger partial charge on any atom is 0.259 e. The second-order valence-corrected chi connectivity index (χ2v) is 9.06. The molecule has 2 heterocycles. The zero-order valence-electron chi connectivity index (χ0n) is 17.9. The first kappa shape index (κ1) is 21.8. The fourth-order valence-corrected chi connectivity index (χ4v) is 5.07. The van der Waals surface area contributed by atoms with Gasteiger partial charge in [-0.15, -0.1) is 0 Å². The number of hydrogen-bond donors (Lipinski definition) is 0. The number of anilines is 1. The van der Waals surface area contributed by atoms with Gasteiger partial charge in [0.25, 0.3) is 5.91 Å². The highest BCUT2D eigenvalue weighted by Gasteiger charge is 2.46. The van der Waals surface area contributed by atoms with Crippen molar-refractivity contribution in [3.63, 3.8) is 0 Å². The van der Waals surface area contributed by atoms with Crippen LogP contribution in [0, 0.1) is 5.82 Å². The van der Waals surface area contributed by atoms with Crippen LogP contribution in [0.15, 0.2) is 66.8 Å². The molecule has 0 aliphatic carbocycles. The van der Waals surface area contributed by atoms with Gasteiger partial charge in [0.05, 0.1) is 10.6 Å². The number of allylic oxidation sites excluding steroid dienone is 2. The van der Waals surface area contributed by atoms with E-state index in [0.717, 1.165) is 50.1 Å². The van der Waals surface area contributed by atoms with Crippen molar-refractivity contribution in [2.24, 2.45) is 0 Å². The smallest absolute Gasteiger partial charge is 0.259 e. The van der Waals surface area contributed by atoms with Gasteiger partial charge in [-0.3, -0.25) is 4.79 Å². The second kappa shape index (κ2) is 8.97. The summed E-state index contributed by atoms with van der Waals surface area (Å²) in [5, 5.41) is 0.440. The van der Waals surface area contributed by atoms with Crippen LogP contribution in [0.4, 0.5) is 10.1 Å². The summed E-state index contributed by atoms with van der Waals surface area (Å²) in [5.41, 5.74) is 3.36. The van der Waals surface area contributed by atoms with E-state index in [1.54, 1.807) is 29.2 Å². The molecule has 5 heteroatoms. The van der Waals surface area contributed by atoms with Gasteiger partial charge in [-0.2, -0.15) is 0 Å². The first-order valence-corrected chi connectivity index (χ1v) is 11.2. The Hall–Kier alpha value is -2.43. The van der Waals surface area contributed by atoms with Gasteiger partial charge in [-0.1, -0.05) is 48.0 Å². The number of carbonyl (C=O) groups excluding carboxylic acids is 1. The number of likely N-dealkylation sites (tertiary alicyclic amines) is 1. The molecule has 3 nitrogen and oxygen atoms in total. The third kappa shape index (κ3) is 4.32. The molecule has 162 valence electrons. The second-order valence-electron chi connectivity index (χ2n) is 8.65. The number of halogens is 2. The lowest BCUT2D eigenvalue weighted by Crippen LogP contribution is -2.46. The Balaban J connectivity index is 1.56. The highest BCUT2D eigenvalue weighted by Crippen LogP contribution is 2.48. The van der Waals surface area contributed by atoms with Gasteiger partial charge in [-0.25, -0.2) is 4.39 Å². The summed E-state index contributed by atoms with van der Waals surface area (Å²) in [6.07, 6.45) is 6.70. The molecule has 0 atom stereocenters. The largest absolute Gasteiger partial charge is 0.307 e. The van der Waals surface area contributed by atoms with Crippen molar-refractivity contribution in [1.82, 2.24) is 4.90 Å². The number of hydrogen-bond acceptors (Lipinski definition) is 2. The van der Waals surface area contributed by atoms with E-state index in [1.807, 2.05) is 18.2 Å². The van der Waals surface area contributed by atoms with Gasteiger partial charge >= 0.3 is 0 Å². The van der Waals surface area contributed by atoms with Crippen molar-refractivity contribution in [2.75, 3.05) is 31.1 Å². The van der Waals surface area contributed by atoms with Crippen LogP contribution in [0.1, 0.15) is 42.1 Å². The summed E-state index contributed by atoms with van der Waals surface area (Å²) in [6, 6.07) is 11.9. The van der Waals surface area contributed by atoms with Crippen molar-refractivity contribution >= 4 is 23.2 Å². The van der Waals surface area contributed by atoms with Gasteiger partial charge in [0.1, 0.15) is 5.82 Å². The van der Waals surface area contributed by atoms with E-state index in [4.69, 9.17) is 11.6 Å². The topological polar surface area (TPSA) is 23.6 Å². The maximum atomic E-state index is 14.2. The molecule has 0 saturated carbocycles. The number of rotatable bonds is 5. The van der Waals surface area contributed by atoms with Crippen LogP contribution in [0.25, 0.3) is 0 Å². The average molecular weight is 439 g/mol. The third-order valence-electron chi connectivity index (χ3n) is 6.67. The van der Waals surface area contributed by atoms with E-state index in [9.17, 15) is 9.18 Å². The number of benzene rings is 2. The van der Waals surface area contributed by atoms with Gasteiger partial charge in [0.2, 0.25) is 0 Å². The van der Waals surface area contributed by atoms with Crippen molar-refractivity contribution in [3.05, 3.63) is 88.7 Å². The van der Waals surface area contributed by atoms with Gasteiger partial charge in [-0.05, 0) is 75.2 Å². The molecule has 0 N–H and O–H groups in total. The fraction of sp³-hybridized carbons (Fsp3) is 0.346. The van der Waals surface area contributed by atoms with Gasteiger partial charge in [0, 0.05) is 24.2 Å². The molecule has 0 aromatic heterocycles. The summed E-state index contributed by atoms with van der Waals surface area (Å²) in [7, 11) is 0. The van der Waals surface area contributed by atoms with Crippen LogP contribution in [0.3, 0.4) is 0 Å². The molecule has 2 aromatic carbocycles. The molecule has 4 rings (SSSR count). The highest BCUT2D eigenvalue weighted by atomic mass is 35.5. The molecule has 1 spiro atoms. The SMILES string of the molecule is C=C/C=C(\C)CCN1CCC2(CC1)CN(C(=O)c1ccccc1Cl)c1ccc(F)cc12. The van der Waals surface area contributed by atoms with Crippen molar-refractivity contribution < 1.29 is 9.18 Å². The molecule has 1 fully saturated rings. The third-order valence-corrected chi connectivity index (χ3v) is 7.00. The predicted octanol–water partition coefficient (Wildman–Crippen LogP) is 6.00. The number of piperidine rings is 1. The molecule has 2 aromatic rings. The maximum absolute atomic E-state index is 14.2. The Labute approximate surface area is 188 Å². The quantitative estimate of drug-likeness (QED) is 0.535. The lowest BCUT2D eigenvalue weighted by molar-refractivity contribution is 0.0976. The van der Waals surface area contributed by atoms with Crippen LogP contribution in [-0.2, 0) is 5.41 Å². The monoisotopic (exact) mass is 438 g/mol. The van der Waals surface area contributed by atoms with Crippen molar-refractivity contribution in [2.45, 2.75) is 31.6 Å². The first-order chi connectivity index (χ1) is 14.9. The molecule has 0 bridgehead atoms. The zero-order valence-corrected chi connectivity index (χ0v) is 18.7. The normalized spacial score (nSPS) is 18.3. The minimum absolute atomic E-state index is 0.122. The summed E-state index contributed by atoms with van der Waals surface area (Å²) >= 11 is 6.30. The van der Waals surface area contributed by atoms with E-state index >= 15 is 0 Å². The lowest BCUT2D eigenvalue weighted by Gasteiger charge is -2.40. The molecule has 1 saturated heterocycles. The summed E-state index contributed by atoms with van der Waals surface area (Å²) < 4.78 is 14.2. The summed E-state index contributed by atoms with van der Waals surface area (Å²) in [5.74, 6) is -0.374. The Kier molecular flexibility index (Phi) is 6.31. The van der Waals surface area contributed by atoms with E-state index in [1.165, 1.54) is 11.6 Å². The van der Waals surface area contributed by atoms with Crippen molar-refractivity contribution in [3.8, 4) is 0 Å². The van der Waals surface area contributed by atoms with Crippen LogP contribution in [0.5, 0.6) is 0 Å². The first-order valence-electron chi connectivity index (χ1n) is 10.8. The predicted molar refractivity (Wildman–Crippen MR) is 125 cm³/mol. The number of nitrogens with zero attached hydrogens (tertiary/aromatic N) is 2. The van der Waals surface area contributed by atoms with Gasteiger partial charge < -0.3 is 9.80 Å². The van der Waals surface area contributed by atoms with Gasteiger partial charge in [0.15, 0.2) is 0 Å². The number of carbonyl (C=O) groups is 1. The zero-order chi connectivity index (χ0) is 22.0. The van der Waals surface area contributed by atoms with Crippen LogP contribution >= 0.6 is 11.6 Å². The molecule has 0 radical (unpaired) electrons. The van der Waals surface area contributed by atoms with Crippen molar-refractivity contribution in [1.29, 1.82) is 0 Å². The molecule has 2 aliphatic heterocycles. The summed E-state index contributed by atoms with van der Waals surface area (Å²) in [4.78, 5) is 17.6. The number of fused-ring (bicyclic) bond motifs is 2. The van der Waals surface area contributed by atoms with Crippen LogP contribution < -0.4 is 4.90 Å². The Morgan fingerprint density at radius 2 is 1.97 bits per heavy atom. The molecule has 1 amide bonds. The summed E-state index contributed by atoms with van der Waals surface area (Å²) in [6.45, 7) is 9.33. The minimum Gasteiger partial charge on any atom is -0.307 e. The van der Waals surface area contributed by atoms with E-state index < -0.39 is 0 Å². The Bertz CT molecular complexity index is 1020. The van der Waals surface area contributed by atoms with E-state index in [2.05, 4.69) is 24.5 Å². The van der Waals surface area contributed by atoms with Crippen LogP contribution in [-0.4, -0.2) is 37.0 Å². The molecule has 0 unspecified atom stereocenters. The highest BCUT2D eigenvalue weighted by molar-refractivity contribution is 6.34. The number of amides is 1. The standard InChI is InChI=1S/C26H28ClFN2O/c1-3-6-19(2)11-14-29-15-12-26(13-16-29)18-30(24-10-9-20(28)17-22(24)26)25(31)21-7-4-5-8-23(21)27/h3-10,17H,1,11-16,18H2,2H3/b19-6+. The van der Waals surface area contributed by atoms with E-state index in [0.29, 0.717) is 17.1 Å².